The molecule has 2 aromatic rings. The van der Waals surface area contributed by atoms with E-state index < -0.39 is 0 Å². The highest BCUT2D eigenvalue weighted by molar-refractivity contribution is 7.15. The third-order valence-corrected chi connectivity index (χ3v) is 3.92. The zero-order valence-electron chi connectivity index (χ0n) is 11.0. The van der Waals surface area contributed by atoms with Crippen molar-refractivity contribution in [2.75, 3.05) is 0 Å². The van der Waals surface area contributed by atoms with Crippen LogP contribution < -0.4 is 5.32 Å². The van der Waals surface area contributed by atoms with E-state index in [9.17, 15) is 4.39 Å². The quantitative estimate of drug-likeness (QED) is 0.864. The second-order valence-corrected chi connectivity index (χ2v) is 5.90. The highest BCUT2D eigenvalue weighted by Crippen LogP contribution is 2.32. The van der Waals surface area contributed by atoms with Crippen LogP contribution >= 0.6 is 11.3 Å². The maximum Gasteiger partial charge on any atom is 0.132 e. The van der Waals surface area contributed by atoms with Crippen LogP contribution in [-0.4, -0.2) is 6.04 Å². The Morgan fingerprint density at radius 1 is 1.22 bits per heavy atom. The molecule has 0 unspecified atom stereocenters. The predicted molar refractivity (Wildman–Crippen MR) is 76.4 cm³/mol. The van der Waals surface area contributed by atoms with Gasteiger partial charge in [-0.1, -0.05) is 26.0 Å². The van der Waals surface area contributed by atoms with E-state index in [1.54, 1.807) is 17.4 Å². The summed E-state index contributed by atoms with van der Waals surface area (Å²) in [5.74, 6) is -0.139. The minimum absolute atomic E-state index is 0.139. The van der Waals surface area contributed by atoms with Crippen molar-refractivity contribution in [2.24, 2.45) is 0 Å². The van der Waals surface area contributed by atoms with Crippen molar-refractivity contribution in [3.63, 3.8) is 0 Å². The molecule has 0 saturated carbocycles. The van der Waals surface area contributed by atoms with Gasteiger partial charge < -0.3 is 5.32 Å². The topological polar surface area (TPSA) is 12.0 Å². The van der Waals surface area contributed by atoms with Gasteiger partial charge in [-0.25, -0.2) is 4.39 Å². The minimum Gasteiger partial charge on any atom is -0.310 e. The van der Waals surface area contributed by atoms with Crippen molar-refractivity contribution < 1.29 is 4.39 Å². The molecule has 0 amide bonds. The number of halogens is 1. The van der Waals surface area contributed by atoms with Gasteiger partial charge in [0.1, 0.15) is 5.82 Å². The molecule has 3 heteroatoms. The van der Waals surface area contributed by atoms with Crippen molar-refractivity contribution in [1.29, 1.82) is 0 Å². The van der Waals surface area contributed by atoms with Crippen molar-refractivity contribution >= 4 is 11.3 Å². The molecule has 1 heterocycles. The molecule has 0 aliphatic rings. The minimum atomic E-state index is -0.139. The van der Waals surface area contributed by atoms with Crippen molar-refractivity contribution in [3.8, 4) is 10.4 Å². The lowest BCUT2D eigenvalue weighted by atomic mass is 10.1. The fourth-order valence-corrected chi connectivity index (χ4v) is 2.93. The van der Waals surface area contributed by atoms with Gasteiger partial charge in [-0.05, 0) is 30.7 Å². The average Bonchev–Trinajstić information content (AvgIpc) is 2.75. The van der Waals surface area contributed by atoms with E-state index in [4.69, 9.17) is 0 Å². The van der Waals surface area contributed by atoms with E-state index in [1.807, 2.05) is 19.1 Å². The summed E-state index contributed by atoms with van der Waals surface area (Å²) in [4.78, 5) is 2.24. The Morgan fingerprint density at radius 3 is 2.67 bits per heavy atom. The van der Waals surface area contributed by atoms with Crippen LogP contribution in [0.25, 0.3) is 10.4 Å². The van der Waals surface area contributed by atoms with Gasteiger partial charge in [-0.2, -0.15) is 0 Å². The second-order valence-electron chi connectivity index (χ2n) is 4.73. The predicted octanol–water partition coefficient (Wildman–Crippen LogP) is 4.36. The summed E-state index contributed by atoms with van der Waals surface area (Å²) in [6.07, 6.45) is 0. The number of hydrogen-bond acceptors (Lipinski definition) is 2. The van der Waals surface area contributed by atoms with Crippen LogP contribution in [0, 0.1) is 12.7 Å². The molecule has 1 N–H and O–H groups in total. The third-order valence-electron chi connectivity index (χ3n) is 2.81. The Bertz CT molecular complexity index is 511. The molecule has 0 fully saturated rings. The van der Waals surface area contributed by atoms with Gasteiger partial charge in [-0.15, -0.1) is 11.3 Å². The standard InChI is InChI=1S/C15H18FNS/c1-10(2)17-9-12-7-8-14(18-12)15-11(3)5-4-6-13(15)16/h4-8,10,17H,9H2,1-3H3. The van der Waals surface area contributed by atoms with E-state index in [2.05, 4.69) is 25.2 Å². The Labute approximate surface area is 112 Å². The Morgan fingerprint density at radius 2 is 2.00 bits per heavy atom. The van der Waals surface area contributed by atoms with Crippen LogP contribution in [0.2, 0.25) is 0 Å². The van der Waals surface area contributed by atoms with E-state index in [0.717, 1.165) is 22.5 Å². The van der Waals surface area contributed by atoms with Gasteiger partial charge >= 0.3 is 0 Å². The number of nitrogens with one attached hydrogen (secondary N) is 1. The molecule has 96 valence electrons. The average molecular weight is 263 g/mol. The molecular weight excluding hydrogens is 245 g/mol. The van der Waals surface area contributed by atoms with E-state index in [-0.39, 0.29) is 5.82 Å². The monoisotopic (exact) mass is 263 g/mol. The van der Waals surface area contributed by atoms with Crippen molar-refractivity contribution in [2.45, 2.75) is 33.4 Å². The van der Waals surface area contributed by atoms with E-state index in [1.165, 1.54) is 10.9 Å². The van der Waals surface area contributed by atoms with Crippen molar-refractivity contribution in [1.82, 2.24) is 5.32 Å². The largest absolute Gasteiger partial charge is 0.310 e. The highest BCUT2D eigenvalue weighted by Gasteiger charge is 2.10. The van der Waals surface area contributed by atoms with E-state index in [0.29, 0.717) is 6.04 Å². The molecule has 0 bridgehead atoms. The maximum absolute atomic E-state index is 13.9. The first-order valence-corrected chi connectivity index (χ1v) is 6.97. The molecule has 0 saturated heterocycles. The fourth-order valence-electron chi connectivity index (χ4n) is 1.86. The molecule has 0 atom stereocenters. The lowest BCUT2D eigenvalue weighted by molar-refractivity contribution is 0.593. The van der Waals surface area contributed by atoms with E-state index >= 15 is 0 Å². The number of rotatable bonds is 4. The van der Waals surface area contributed by atoms with Gasteiger partial charge in [0, 0.05) is 27.9 Å². The van der Waals surface area contributed by atoms with Crippen LogP contribution in [0.3, 0.4) is 0 Å². The first-order chi connectivity index (χ1) is 8.58. The number of thiophene rings is 1. The van der Waals surface area contributed by atoms with Crippen molar-refractivity contribution in [3.05, 3.63) is 46.6 Å². The van der Waals surface area contributed by atoms with Gasteiger partial charge in [-0.3, -0.25) is 0 Å². The van der Waals surface area contributed by atoms with Crippen LogP contribution in [0.15, 0.2) is 30.3 Å². The third kappa shape index (κ3) is 2.98. The maximum atomic E-state index is 13.9. The number of aryl methyl sites for hydroxylation is 1. The summed E-state index contributed by atoms with van der Waals surface area (Å²) < 4.78 is 13.9. The molecule has 0 radical (unpaired) electrons. The Kier molecular flexibility index (Phi) is 4.15. The molecule has 1 aromatic carbocycles. The molecular formula is C15H18FNS. The van der Waals surface area contributed by atoms with Crippen LogP contribution in [0.5, 0.6) is 0 Å². The highest BCUT2D eigenvalue weighted by atomic mass is 32.1. The molecule has 2 rings (SSSR count). The van der Waals surface area contributed by atoms with Gasteiger partial charge in [0.15, 0.2) is 0 Å². The molecule has 1 nitrogen and oxygen atoms in total. The lowest BCUT2D eigenvalue weighted by Crippen LogP contribution is -2.21. The van der Waals surface area contributed by atoms with Crippen LogP contribution in [0.1, 0.15) is 24.3 Å². The SMILES string of the molecule is Cc1cccc(F)c1-c1ccc(CNC(C)C)s1. The summed E-state index contributed by atoms with van der Waals surface area (Å²) in [5, 5.41) is 3.37. The Hall–Kier alpha value is -1.19. The fraction of sp³-hybridized carbons (Fsp3) is 0.333. The van der Waals surface area contributed by atoms with Gasteiger partial charge in [0.2, 0.25) is 0 Å². The first-order valence-electron chi connectivity index (χ1n) is 6.15. The molecule has 0 aliphatic carbocycles. The number of hydrogen-bond donors (Lipinski definition) is 1. The Balaban J connectivity index is 2.24. The summed E-state index contributed by atoms with van der Waals surface area (Å²) >= 11 is 1.65. The zero-order chi connectivity index (χ0) is 13.1. The van der Waals surface area contributed by atoms with Crippen LogP contribution in [0.4, 0.5) is 4.39 Å². The van der Waals surface area contributed by atoms with Gasteiger partial charge in [0.05, 0.1) is 0 Å². The smallest absolute Gasteiger partial charge is 0.132 e. The summed E-state index contributed by atoms with van der Waals surface area (Å²) in [5.41, 5.74) is 1.72. The summed E-state index contributed by atoms with van der Waals surface area (Å²) in [6, 6.07) is 9.77. The molecule has 18 heavy (non-hydrogen) atoms. The molecule has 0 spiro atoms. The number of benzene rings is 1. The molecule has 1 aromatic heterocycles. The van der Waals surface area contributed by atoms with Crippen LogP contribution in [-0.2, 0) is 6.54 Å². The molecule has 0 aliphatic heterocycles. The second kappa shape index (κ2) is 5.63. The van der Waals surface area contributed by atoms with Gasteiger partial charge in [0.25, 0.3) is 0 Å². The first kappa shape index (κ1) is 13.2. The summed E-state index contributed by atoms with van der Waals surface area (Å²) in [6.45, 7) is 7.03. The lowest BCUT2D eigenvalue weighted by Gasteiger charge is -2.06. The normalized spacial score (nSPS) is 11.2. The summed E-state index contributed by atoms with van der Waals surface area (Å²) in [7, 11) is 0. The zero-order valence-corrected chi connectivity index (χ0v) is 11.8.